The van der Waals surface area contributed by atoms with Crippen LogP contribution in [-0.2, 0) is 19.9 Å². The van der Waals surface area contributed by atoms with Crippen molar-refractivity contribution < 1.29 is 5.11 Å². The molecule has 4 rings (SSSR count). The highest BCUT2D eigenvalue weighted by atomic mass is 16.3. The Hall–Kier alpha value is -1.92. The van der Waals surface area contributed by atoms with Crippen LogP contribution in [0, 0.1) is 0 Å². The second-order valence-electron chi connectivity index (χ2n) is 7.50. The monoisotopic (exact) mass is 341 g/mol. The summed E-state index contributed by atoms with van der Waals surface area (Å²) in [5.74, 6) is 0.859. The van der Waals surface area contributed by atoms with E-state index in [0.717, 1.165) is 57.8 Å². The van der Waals surface area contributed by atoms with Gasteiger partial charge in [0, 0.05) is 45.3 Å². The summed E-state index contributed by atoms with van der Waals surface area (Å²) in [7, 11) is 1.93. The summed E-state index contributed by atoms with van der Waals surface area (Å²) in [4.78, 5) is 4.88. The lowest BCUT2D eigenvalue weighted by Crippen LogP contribution is -2.51. The molecule has 134 valence electrons. The highest BCUT2D eigenvalue weighted by Crippen LogP contribution is 2.28. The highest BCUT2D eigenvalue weighted by molar-refractivity contribution is 5.57. The second-order valence-corrected chi connectivity index (χ2v) is 7.50. The molecule has 1 aromatic heterocycles. The number of aromatic nitrogens is 3. The van der Waals surface area contributed by atoms with Crippen LogP contribution in [0.3, 0.4) is 0 Å². The maximum atomic E-state index is 11.1. The molecule has 0 saturated carbocycles. The lowest BCUT2D eigenvalue weighted by Gasteiger charge is -2.39. The number of aryl methyl sites for hydroxylation is 1. The Bertz CT molecular complexity index is 730. The van der Waals surface area contributed by atoms with Crippen LogP contribution < -0.4 is 4.90 Å². The molecule has 6 nitrogen and oxygen atoms in total. The van der Waals surface area contributed by atoms with Crippen LogP contribution in [0.2, 0.25) is 0 Å². The number of fused-ring (bicyclic) bond motifs is 1. The van der Waals surface area contributed by atoms with Crippen LogP contribution in [0.4, 0.5) is 5.69 Å². The van der Waals surface area contributed by atoms with Gasteiger partial charge in [0.1, 0.15) is 12.2 Å². The number of rotatable bonds is 5. The van der Waals surface area contributed by atoms with E-state index in [0.29, 0.717) is 6.42 Å². The minimum Gasteiger partial charge on any atom is -0.388 e. The molecule has 0 aliphatic carbocycles. The fourth-order valence-electron chi connectivity index (χ4n) is 4.20. The van der Waals surface area contributed by atoms with E-state index in [-0.39, 0.29) is 0 Å². The van der Waals surface area contributed by atoms with Crippen molar-refractivity contribution in [1.29, 1.82) is 0 Å². The molecule has 1 unspecified atom stereocenters. The van der Waals surface area contributed by atoms with Gasteiger partial charge in [-0.15, -0.1) is 10.2 Å². The molecule has 1 aromatic carbocycles. The minimum atomic E-state index is -0.693. The van der Waals surface area contributed by atoms with Crippen molar-refractivity contribution in [2.24, 2.45) is 7.05 Å². The van der Waals surface area contributed by atoms with Crippen molar-refractivity contribution in [3.63, 3.8) is 0 Å². The van der Waals surface area contributed by atoms with Crippen molar-refractivity contribution in [1.82, 2.24) is 19.7 Å². The summed E-state index contributed by atoms with van der Waals surface area (Å²) in [6.07, 6.45) is 5.29. The number of anilines is 1. The first-order valence-corrected chi connectivity index (χ1v) is 9.23. The van der Waals surface area contributed by atoms with Gasteiger partial charge in [-0.05, 0) is 37.4 Å². The van der Waals surface area contributed by atoms with E-state index in [1.54, 1.807) is 6.33 Å². The second kappa shape index (κ2) is 6.77. The number of nitrogens with zero attached hydrogens (tertiary/aromatic N) is 5. The van der Waals surface area contributed by atoms with Crippen LogP contribution in [0.5, 0.6) is 0 Å². The lowest BCUT2D eigenvalue weighted by molar-refractivity contribution is -0.0311. The normalized spacial score (nSPS) is 23.8. The number of likely N-dealkylation sites (tertiary alicyclic amines) is 1. The molecule has 0 spiro atoms. The third kappa shape index (κ3) is 3.55. The van der Waals surface area contributed by atoms with E-state index in [1.807, 2.05) is 11.6 Å². The summed E-state index contributed by atoms with van der Waals surface area (Å²) in [6.45, 7) is 4.91. The molecule has 1 N–H and O–H groups in total. The standard InChI is InChI=1S/C19H27N5O/c1-22-15-20-21-18(22)13-19(25)8-4-9-23(14-19)11-12-24-10-7-16-5-2-3-6-17(16)24/h2-3,5-6,15,25H,4,7-14H2,1H3. The Morgan fingerprint density at radius 1 is 1.20 bits per heavy atom. The maximum absolute atomic E-state index is 11.1. The Balaban J connectivity index is 1.35. The van der Waals surface area contributed by atoms with Gasteiger partial charge < -0.3 is 14.6 Å². The van der Waals surface area contributed by atoms with Crippen molar-refractivity contribution in [2.45, 2.75) is 31.3 Å². The molecule has 2 aromatic rings. The average molecular weight is 341 g/mol. The number of benzene rings is 1. The van der Waals surface area contributed by atoms with E-state index in [1.165, 1.54) is 11.3 Å². The molecular weight excluding hydrogens is 314 g/mol. The minimum absolute atomic E-state index is 0.576. The number of hydrogen-bond donors (Lipinski definition) is 1. The van der Waals surface area contributed by atoms with Crippen LogP contribution >= 0.6 is 0 Å². The number of piperidine rings is 1. The molecule has 0 bridgehead atoms. The van der Waals surface area contributed by atoms with Crippen LogP contribution in [-0.4, -0.2) is 63.1 Å². The summed E-state index contributed by atoms with van der Waals surface area (Å²) in [6, 6.07) is 8.70. The maximum Gasteiger partial charge on any atom is 0.135 e. The molecule has 25 heavy (non-hydrogen) atoms. The quantitative estimate of drug-likeness (QED) is 0.887. The molecule has 2 aliphatic heterocycles. The fourth-order valence-corrected chi connectivity index (χ4v) is 4.20. The number of hydrogen-bond acceptors (Lipinski definition) is 5. The zero-order valence-corrected chi connectivity index (χ0v) is 14.9. The summed E-state index contributed by atoms with van der Waals surface area (Å²) < 4.78 is 1.90. The number of para-hydroxylation sites is 1. The topological polar surface area (TPSA) is 57.4 Å². The predicted octanol–water partition coefficient (Wildman–Crippen LogP) is 1.25. The summed E-state index contributed by atoms with van der Waals surface area (Å²) >= 11 is 0. The van der Waals surface area contributed by atoms with Crippen molar-refractivity contribution in [2.75, 3.05) is 37.6 Å². The van der Waals surface area contributed by atoms with Gasteiger partial charge in [-0.2, -0.15) is 0 Å². The Morgan fingerprint density at radius 2 is 2.08 bits per heavy atom. The van der Waals surface area contributed by atoms with E-state index in [9.17, 15) is 5.11 Å². The number of aliphatic hydroxyl groups is 1. The number of β-amino-alcohol motifs (C(OH)–C–C–N with tert-alkyl or cyclic N) is 1. The molecule has 2 aliphatic rings. The van der Waals surface area contributed by atoms with Gasteiger partial charge in [-0.3, -0.25) is 4.90 Å². The largest absolute Gasteiger partial charge is 0.388 e. The first-order valence-electron chi connectivity index (χ1n) is 9.23. The van der Waals surface area contributed by atoms with Crippen molar-refractivity contribution >= 4 is 5.69 Å². The first kappa shape index (κ1) is 16.5. The molecule has 0 radical (unpaired) electrons. The average Bonchev–Trinajstić information content (AvgIpc) is 3.19. The van der Waals surface area contributed by atoms with Gasteiger partial charge in [0.15, 0.2) is 0 Å². The molecule has 3 heterocycles. The van der Waals surface area contributed by atoms with E-state index in [4.69, 9.17) is 0 Å². The van der Waals surface area contributed by atoms with Crippen LogP contribution in [0.1, 0.15) is 24.2 Å². The zero-order valence-electron chi connectivity index (χ0n) is 14.9. The highest BCUT2D eigenvalue weighted by Gasteiger charge is 2.34. The molecule has 1 fully saturated rings. The van der Waals surface area contributed by atoms with E-state index < -0.39 is 5.60 Å². The molecule has 6 heteroatoms. The van der Waals surface area contributed by atoms with Gasteiger partial charge in [0.05, 0.1) is 5.60 Å². The van der Waals surface area contributed by atoms with Crippen LogP contribution in [0.25, 0.3) is 0 Å². The van der Waals surface area contributed by atoms with Crippen LogP contribution in [0.15, 0.2) is 30.6 Å². The Morgan fingerprint density at radius 3 is 2.92 bits per heavy atom. The summed E-state index contributed by atoms with van der Waals surface area (Å²) in [5.41, 5.74) is 2.15. The molecular formula is C19H27N5O. The predicted molar refractivity (Wildman–Crippen MR) is 97.7 cm³/mol. The van der Waals surface area contributed by atoms with Gasteiger partial charge in [0.25, 0.3) is 0 Å². The Kier molecular flexibility index (Phi) is 4.48. The SMILES string of the molecule is Cn1cnnc1CC1(O)CCCN(CCN2CCc3ccccc32)C1. The molecule has 0 amide bonds. The van der Waals surface area contributed by atoms with Gasteiger partial charge >= 0.3 is 0 Å². The van der Waals surface area contributed by atoms with E-state index in [2.05, 4.69) is 44.3 Å². The van der Waals surface area contributed by atoms with Crippen molar-refractivity contribution in [3.8, 4) is 0 Å². The third-order valence-electron chi connectivity index (χ3n) is 5.60. The third-order valence-corrected chi connectivity index (χ3v) is 5.60. The van der Waals surface area contributed by atoms with Gasteiger partial charge in [-0.25, -0.2) is 0 Å². The first-order chi connectivity index (χ1) is 12.1. The summed E-state index contributed by atoms with van der Waals surface area (Å²) in [5, 5.41) is 19.1. The van der Waals surface area contributed by atoms with Crippen molar-refractivity contribution in [3.05, 3.63) is 42.0 Å². The Labute approximate surface area is 149 Å². The zero-order chi connectivity index (χ0) is 17.3. The fraction of sp³-hybridized carbons (Fsp3) is 0.579. The molecule has 1 saturated heterocycles. The van der Waals surface area contributed by atoms with Gasteiger partial charge in [0.2, 0.25) is 0 Å². The molecule has 1 atom stereocenters. The van der Waals surface area contributed by atoms with Gasteiger partial charge in [-0.1, -0.05) is 18.2 Å². The van der Waals surface area contributed by atoms with E-state index >= 15 is 0 Å². The lowest BCUT2D eigenvalue weighted by atomic mass is 9.89. The smallest absolute Gasteiger partial charge is 0.135 e.